The number of ether oxygens (including phenoxy) is 5. The van der Waals surface area contributed by atoms with Crippen molar-refractivity contribution in [3.63, 3.8) is 0 Å². The predicted octanol–water partition coefficient (Wildman–Crippen LogP) is 3.28. The van der Waals surface area contributed by atoms with Crippen LogP contribution in [0.3, 0.4) is 0 Å². The number of carbonyl (C=O) groups is 1. The largest absolute Gasteiger partial charge is 0.493 e. The minimum Gasteiger partial charge on any atom is -0.493 e. The minimum atomic E-state index is -0.507. The van der Waals surface area contributed by atoms with E-state index in [-0.39, 0.29) is 13.4 Å². The summed E-state index contributed by atoms with van der Waals surface area (Å²) in [5.41, 5.74) is 2.09. The van der Waals surface area contributed by atoms with Gasteiger partial charge in [0.05, 0.1) is 26.4 Å². The van der Waals surface area contributed by atoms with Crippen molar-refractivity contribution in [3.8, 4) is 39.9 Å². The summed E-state index contributed by atoms with van der Waals surface area (Å²) in [5, 5.41) is 11.3. The molecule has 2 bridgehead atoms. The maximum atomic E-state index is 12.7. The van der Waals surface area contributed by atoms with Crippen LogP contribution in [0.1, 0.15) is 15.9 Å². The zero-order valence-electron chi connectivity index (χ0n) is 15.2. The van der Waals surface area contributed by atoms with Crippen LogP contribution in [0, 0.1) is 0 Å². The molecule has 7 heteroatoms. The van der Waals surface area contributed by atoms with E-state index in [1.807, 2.05) is 12.1 Å². The van der Waals surface area contributed by atoms with E-state index in [2.05, 4.69) is 0 Å². The summed E-state index contributed by atoms with van der Waals surface area (Å²) < 4.78 is 27.5. The van der Waals surface area contributed by atoms with E-state index >= 15 is 0 Å². The first kappa shape index (κ1) is 16.7. The normalized spacial score (nSPS) is 13.8. The molecule has 3 aromatic carbocycles. The molecule has 2 aliphatic rings. The second-order valence-corrected chi connectivity index (χ2v) is 6.40. The molecule has 0 atom stereocenters. The Labute approximate surface area is 160 Å². The fourth-order valence-electron chi connectivity index (χ4n) is 3.88. The van der Waals surface area contributed by atoms with Crippen molar-refractivity contribution in [1.29, 1.82) is 0 Å². The van der Waals surface area contributed by atoms with E-state index in [9.17, 15) is 9.90 Å². The Balaban J connectivity index is 1.93. The van der Waals surface area contributed by atoms with Crippen LogP contribution in [0.25, 0.3) is 21.9 Å². The molecule has 0 unspecified atom stereocenters. The lowest BCUT2D eigenvalue weighted by Crippen LogP contribution is -2.03. The summed E-state index contributed by atoms with van der Waals surface area (Å²) in [6, 6.07) is 8.95. The lowest BCUT2D eigenvalue weighted by atomic mass is 9.89. The molecule has 0 spiro atoms. The standard InChI is InChI=1S/C21H16O7/c1-24-13-5-3-10(7-15(13)25-2)16-17-11(4-6-14-20(17)27-9-26-14)19-12(8-22)18(16)21(23)28-19/h3-7,22H,8-9H2,1-2H3. The van der Waals surface area contributed by atoms with Crippen LogP contribution in [0.2, 0.25) is 0 Å². The molecule has 28 heavy (non-hydrogen) atoms. The van der Waals surface area contributed by atoms with E-state index in [0.717, 1.165) is 0 Å². The van der Waals surface area contributed by atoms with Crippen molar-refractivity contribution >= 4 is 16.7 Å². The number of fused-ring (bicyclic) bond motifs is 6. The van der Waals surface area contributed by atoms with E-state index in [1.54, 1.807) is 32.4 Å². The molecule has 5 rings (SSSR count). The molecule has 2 heterocycles. The quantitative estimate of drug-likeness (QED) is 0.696. The van der Waals surface area contributed by atoms with Crippen LogP contribution in [-0.4, -0.2) is 32.1 Å². The minimum absolute atomic E-state index is 0.0983. The first-order chi connectivity index (χ1) is 13.7. The molecule has 1 N–H and O–H groups in total. The monoisotopic (exact) mass is 380 g/mol. The molecule has 0 aromatic heterocycles. The molecule has 0 radical (unpaired) electrons. The third-order valence-electron chi connectivity index (χ3n) is 5.09. The Morgan fingerprint density at radius 1 is 1.00 bits per heavy atom. The SMILES string of the molecule is COc1ccc(-c2c3c(CO)c(c4ccc5c(c24)OCO5)OC3=O)cc1OC. The summed E-state index contributed by atoms with van der Waals surface area (Å²) in [5.74, 6) is 2.09. The van der Waals surface area contributed by atoms with Crippen LogP contribution in [0.4, 0.5) is 0 Å². The van der Waals surface area contributed by atoms with E-state index < -0.39 is 5.97 Å². The maximum absolute atomic E-state index is 12.7. The molecule has 0 saturated heterocycles. The second-order valence-electron chi connectivity index (χ2n) is 6.40. The number of aliphatic hydroxyl groups excluding tert-OH is 1. The number of aliphatic hydroxyl groups is 1. The number of carbonyl (C=O) groups excluding carboxylic acids is 1. The van der Waals surface area contributed by atoms with Crippen LogP contribution in [-0.2, 0) is 6.61 Å². The van der Waals surface area contributed by atoms with Gasteiger partial charge in [-0.15, -0.1) is 0 Å². The number of methoxy groups -OCH3 is 2. The van der Waals surface area contributed by atoms with Crippen molar-refractivity contribution < 1.29 is 33.6 Å². The van der Waals surface area contributed by atoms with Gasteiger partial charge in [0.15, 0.2) is 23.0 Å². The molecule has 0 saturated carbocycles. The van der Waals surface area contributed by atoms with Crippen molar-refractivity contribution in [2.75, 3.05) is 21.0 Å². The molecule has 3 aromatic rings. The molecule has 2 aliphatic heterocycles. The summed E-state index contributed by atoms with van der Waals surface area (Å²) in [7, 11) is 3.10. The zero-order chi connectivity index (χ0) is 19.4. The Morgan fingerprint density at radius 2 is 1.82 bits per heavy atom. The van der Waals surface area contributed by atoms with Gasteiger partial charge >= 0.3 is 5.97 Å². The average Bonchev–Trinajstić information content (AvgIpc) is 3.30. The highest BCUT2D eigenvalue weighted by molar-refractivity contribution is 6.18. The van der Waals surface area contributed by atoms with Gasteiger partial charge < -0.3 is 28.8 Å². The van der Waals surface area contributed by atoms with Gasteiger partial charge in [-0.3, -0.25) is 0 Å². The second kappa shape index (κ2) is 6.03. The van der Waals surface area contributed by atoms with Crippen LogP contribution < -0.4 is 23.7 Å². The maximum Gasteiger partial charge on any atom is 0.344 e. The van der Waals surface area contributed by atoms with E-state index in [1.165, 1.54) is 0 Å². The van der Waals surface area contributed by atoms with Gasteiger partial charge in [0.2, 0.25) is 6.79 Å². The highest BCUT2D eigenvalue weighted by Crippen LogP contribution is 2.52. The topological polar surface area (TPSA) is 83.5 Å². The van der Waals surface area contributed by atoms with Gasteiger partial charge in [-0.2, -0.15) is 0 Å². The Morgan fingerprint density at radius 3 is 2.57 bits per heavy atom. The Bertz CT molecular complexity index is 1150. The van der Waals surface area contributed by atoms with Crippen LogP contribution >= 0.6 is 0 Å². The van der Waals surface area contributed by atoms with E-state index in [0.29, 0.717) is 61.8 Å². The highest BCUT2D eigenvalue weighted by Gasteiger charge is 2.36. The average molecular weight is 380 g/mol. The van der Waals surface area contributed by atoms with Crippen molar-refractivity contribution in [2.45, 2.75) is 6.61 Å². The Hall–Kier alpha value is -3.45. The summed E-state index contributed by atoms with van der Waals surface area (Å²) in [4.78, 5) is 12.7. The molecule has 142 valence electrons. The van der Waals surface area contributed by atoms with Gasteiger partial charge in [0.25, 0.3) is 0 Å². The van der Waals surface area contributed by atoms with Crippen molar-refractivity contribution in [1.82, 2.24) is 0 Å². The van der Waals surface area contributed by atoms with Gasteiger partial charge in [0.1, 0.15) is 5.75 Å². The molecule has 7 nitrogen and oxygen atoms in total. The predicted molar refractivity (Wildman–Crippen MR) is 99.5 cm³/mol. The third-order valence-corrected chi connectivity index (χ3v) is 5.09. The van der Waals surface area contributed by atoms with E-state index in [4.69, 9.17) is 23.7 Å². The third kappa shape index (κ3) is 2.10. The highest BCUT2D eigenvalue weighted by atomic mass is 16.7. The fraction of sp³-hybridized carbons (Fsp3) is 0.190. The first-order valence-electron chi connectivity index (χ1n) is 8.64. The zero-order valence-corrected chi connectivity index (χ0v) is 15.2. The molecule has 0 fully saturated rings. The lowest BCUT2D eigenvalue weighted by Gasteiger charge is -2.15. The van der Waals surface area contributed by atoms with Gasteiger partial charge in [0, 0.05) is 21.9 Å². The lowest BCUT2D eigenvalue weighted by molar-refractivity contribution is 0.0757. The van der Waals surface area contributed by atoms with Gasteiger partial charge in [-0.05, 0) is 29.8 Å². The van der Waals surface area contributed by atoms with Crippen molar-refractivity contribution in [2.24, 2.45) is 0 Å². The molecule has 0 amide bonds. The molecular weight excluding hydrogens is 364 g/mol. The summed E-state index contributed by atoms with van der Waals surface area (Å²) in [6.45, 7) is -0.220. The fourth-order valence-corrected chi connectivity index (χ4v) is 3.88. The number of benzene rings is 3. The number of rotatable bonds is 4. The smallest absolute Gasteiger partial charge is 0.344 e. The Kier molecular flexibility index (Phi) is 3.60. The van der Waals surface area contributed by atoms with Gasteiger partial charge in [-0.1, -0.05) is 6.07 Å². The number of hydrogen-bond acceptors (Lipinski definition) is 7. The number of esters is 1. The number of hydrogen-bond donors (Lipinski definition) is 1. The van der Waals surface area contributed by atoms with Crippen LogP contribution in [0.5, 0.6) is 28.7 Å². The first-order valence-corrected chi connectivity index (χ1v) is 8.64. The van der Waals surface area contributed by atoms with Crippen molar-refractivity contribution in [3.05, 3.63) is 41.5 Å². The molecule has 0 aliphatic carbocycles. The summed E-state index contributed by atoms with van der Waals surface area (Å²) in [6.07, 6.45) is 0. The summed E-state index contributed by atoms with van der Waals surface area (Å²) >= 11 is 0. The molecular formula is C21H16O7. The van der Waals surface area contributed by atoms with Crippen LogP contribution in [0.15, 0.2) is 30.3 Å². The van der Waals surface area contributed by atoms with Gasteiger partial charge in [-0.25, -0.2) is 4.79 Å².